The molecule has 0 aliphatic heterocycles. The average molecular weight is 283 g/mol. The van der Waals surface area contributed by atoms with Crippen molar-refractivity contribution in [2.24, 2.45) is 0 Å². The monoisotopic (exact) mass is 283 g/mol. The van der Waals surface area contributed by atoms with Crippen molar-refractivity contribution < 1.29 is 4.74 Å². The molecule has 0 bridgehead atoms. The van der Waals surface area contributed by atoms with Crippen LogP contribution in [-0.2, 0) is 12.0 Å². The van der Waals surface area contributed by atoms with Crippen LogP contribution in [0.4, 0.5) is 0 Å². The zero-order chi connectivity index (χ0) is 15.3. The minimum atomic E-state index is 0.131. The van der Waals surface area contributed by atoms with Crippen LogP contribution >= 0.6 is 0 Å². The molecule has 0 saturated heterocycles. The Morgan fingerprint density at radius 1 is 0.952 bits per heavy atom. The molecule has 0 amide bonds. The highest BCUT2D eigenvalue weighted by Crippen LogP contribution is 2.28. The van der Waals surface area contributed by atoms with Crippen LogP contribution in [0.3, 0.4) is 0 Å². The number of hydrogen-bond acceptors (Lipinski definition) is 2. The molecule has 0 spiro atoms. The maximum atomic E-state index is 6.01. The maximum Gasteiger partial charge on any atom is 0.127 e. The highest BCUT2D eigenvalue weighted by molar-refractivity contribution is 5.37. The third-order valence-electron chi connectivity index (χ3n) is 3.41. The topological polar surface area (TPSA) is 21.3 Å². The summed E-state index contributed by atoms with van der Waals surface area (Å²) in [5.74, 6) is 1.78. The van der Waals surface area contributed by atoms with Crippen LogP contribution in [-0.4, -0.2) is 6.54 Å². The van der Waals surface area contributed by atoms with Crippen molar-refractivity contribution in [3.63, 3.8) is 0 Å². The van der Waals surface area contributed by atoms with Crippen LogP contribution < -0.4 is 10.1 Å². The van der Waals surface area contributed by atoms with Crippen LogP contribution in [0.25, 0.3) is 0 Å². The molecule has 2 aromatic rings. The summed E-state index contributed by atoms with van der Waals surface area (Å²) in [6.07, 6.45) is 0. The molecule has 2 aromatic carbocycles. The van der Waals surface area contributed by atoms with Gasteiger partial charge in [-0.1, -0.05) is 52.0 Å². The first-order chi connectivity index (χ1) is 9.99. The standard InChI is InChI=1S/C19H25NO/c1-5-20-14-15-8-6-10-17(12-15)21-18-11-7-9-16(13-18)19(2,3)4/h6-13,20H,5,14H2,1-4H3. The summed E-state index contributed by atoms with van der Waals surface area (Å²) in [6, 6.07) is 16.6. The van der Waals surface area contributed by atoms with Crippen LogP contribution in [0.15, 0.2) is 48.5 Å². The minimum absolute atomic E-state index is 0.131. The normalized spacial score (nSPS) is 11.4. The van der Waals surface area contributed by atoms with Gasteiger partial charge in [0.1, 0.15) is 11.5 Å². The van der Waals surface area contributed by atoms with Crippen LogP contribution in [0.2, 0.25) is 0 Å². The molecular weight excluding hydrogens is 258 g/mol. The third kappa shape index (κ3) is 4.61. The average Bonchev–Trinajstić information content (AvgIpc) is 2.45. The van der Waals surface area contributed by atoms with Gasteiger partial charge < -0.3 is 10.1 Å². The summed E-state index contributed by atoms with van der Waals surface area (Å²) in [6.45, 7) is 10.6. The lowest BCUT2D eigenvalue weighted by Gasteiger charge is -2.19. The Hall–Kier alpha value is -1.80. The molecular formula is C19H25NO. The largest absolute Gasteiger partial charge is 0.457 e. The first-order valence-electron chi connectivity index (χ1n) is 7.57. The number of benzene rings is 2. The lowest BCUT2D eigenvalue weighted by molar-refractivity contribution is 0.477. The van der Waals surface area contributed by atoms with Gasteiger partial charge >= 0.3 is 0 Å². The molecule has 1 N–H and O–H groups in total. The number of rotatable bonds is 5. The number of ether oxygens (including phenoxy) is 1. The highest BCUT2D eigenvalue weighted by Gasteiger charge is 2.14. The molecule has 0 saturated carbocycles. The van der Waals surface area contributed by atoms with Crippen molar-refractivity contribution in [3.8, 4) is 11.5 Å². The molecule has 0 fully saturated rings. The predicted octanol–water partition coefficient (Wildman–Crippen LogP) is 4.89. The second kappa shape index (κ2) is 6.77. The fourth-order valence-electron chi connectivity index (χ4n) is 2.15. The highest BCUT2D eigenvalue weighted by atomic mass is 16.5. The fraction of sp³-hybridized carbons (Fsp3) is 0.368. The van der Waals surface area contributed by atoms with Gasteiger partial charge in [-0.15, -0.1) is 0 Å². The van der Waals surface area contributed by atoms with E-state index >= 15 is 0 Å². The van der Waals surface area contributed by atoms with E-state index in [-0.39, 0.29) is 5.41 Å². The molecule has 2 heteroatoms. The first-order valence-corrected chi connectivity index (χ1v) is 7.57. The van der Waals surface area contributed by atoms with Crippen LogP contribution in [0.1, 0.15) is 38.8 Å². The molecule has 112 valence electrons. The Balaban J connectivity index is 2.14. The molecule has 2 rings (SSSR count). The number of nitrogens with one attached hydrogen (secondary N) is 1. The van der Waals surface area contributed by atoms with Gasteiger partial charge in [0.25, 0.3) is 0 Å². The Bertz CT molecular complexity index is 584. The molecule has 0 unspecified atom stereocenters. The second-order valence-electron chi connectivity index (χ2n) is 6.31. The Morgan fingerprint density at radius 3 is 2.29 bits per heavy atom. The molecule has 0 aliphatic carbocycles. The SMILES string of the molecule is CCNCc1cccc(Oc2cccc(C(C)(C)C)c2)c1. The van der Waals surface area contributed by atoms with Gasteiger partial charge in [0.05, 0.1) is 0 Å². The smallest absolute Gasteiger partial charge is 0.127 e. The van der Waals surface area contributed by atoms with E-state index in [0.717, 1.165) is 24.6 Å². The lowest BCUT2D eigenvalue weighted by Crippen LogP contribution is -2.11. The van der Waals surface area contributed by atoms with Crippen molar-refractivity contribution in [1.29, 1.82) is 0 Å². The molecule has 2 nitrogen and oxygen atoms in total. The minimum Gasteiger partial charge on any atom is -0.457 e. The zero-order valence-corrected chi connectivity index (χ0v) is 13.4. The zero-order valence-electron chi connectivity index (χ0n) is 13.4. The molecule has 0 radical (unpaired) electrons. The van der Waals surface area contributed by atoms with Crippen molar-refractivity contribution in [1.82, 2.24) is 5.32 Å². The Morgan fingerprint density at radius 2 is 1.62 bits per heavy atom. The summed E-state index contributed by atoms with van der Waals surface area (Å²) >= 11 is 0. The summed E-state index contributed by atoms with van der Waals surface area (Å²) < 4.78 is 6.01. The van der Waals surface area contributed by atoms with Crippen molar-refractivity contribution in [2.45, 2.75) is 39.7 Å². The van der Waals surface area contributed by atoms with Gasteiger partial charge in [0.15, 0.2) is 0 Å². The molecule has 0 aliphatic rings. The first kappa shape index (κ1) is 15.6. The molecule has 0 atom stereocenters. The van der Waals surface area contributed by atoms with Crippen molar-refractivity contribution >= 4 is 0 Å². The fourth-order valence-corrected chi connectivity index (χ4v) is 2.15. The summed E-state index contributed by atoms with van der Waals surface area (Å²) in [7, 11) is 0. The quantitative estimate of drug-likeness (QED) is 0.844. The van der Waals surface area contributed by atoms with E-state index in [0.29, 0.717) is 0 Å². The van der Waals surface area contributed by atoms with Gasteiger partial charge in [-0.05, 0) is 47.4 Å². The van der Waals surface area contributed by atoms with Crippen molar-refractivity contribution in [2.75, 3.05) is 6.54 Å². The number of hydrogen-bond donors (Lipinski definition) is 1. The van der Waals surface area contributed by atoms with Gasteiger partial charge in [-0.25, -0.2) is 0 Å². The maximum absolute atomic E-state index is 6.01. The summed E-state index contributed by atoms with van der Waals surface area (Å²) in [4.78, 5) is 0. The Labute approximate surface area is 128 Å². The van der Waals surface area contributed by atoms with E-state index in [1.54, 1.807) is 0 Å². The van der Waals surface area contributed by atoms with Crippen LogP contribution in [0, 0.1) is 0 Å². The second-order valence-corrected chi connectivity index (χ2v) is 6.31. The van der Waals surface area contributed by atoms with E-state index < -0.39 is 0 Å². The predicted molar refractivity (Wildman–Crippen MR) is 89.0 cm³/mol. The van der Waals surface area contributed by atoms with Gasteiger partial charge in [-0.3, -0.25) is 0 Å². The lowest BCUT2D eigenvalue weighted by atomic mass is 9.87. The van der Waals surface area contributed by atoms with Gasteiger partial charge in [-0.2, -0.15) is 0 Å². The Kier molecular flexibility index (Phi) is 5.03. The summed E-state index contributed by atoms with van der Waals surface area (Å²) in [5.41, 5.74) is 2.65. The van der Waals surface area contributed by atoms with E-state index in [1.807, 2.05) is 18.2 Å². The van der Waals surface area contributed by atoms with E-state index in [4.69, 9.17) is 4.74 Å². The molecule has 21 heavy (non-hydrogen) atoms. The molecule has 0 heterocycles. The van der Waals surface area contributed by atoms with Gasteiger partial charge in [0.2, 0.25) is 0 Å². The summed E-state index contributed by atoms with van der Waals surface area (Å²) in [5, 5.41) is 3.33. The van der Waals surface area contributed by atoms with E-state index in [9.17, 15) is 0 Å². The molecule has 0 aromatic heterocycles. The van der Waals surface area contributed by atoms with Crippen LogP contribution in [0.5, 0.6) is 11.5 Å². The van der Waals surface area contributed by atoms with Crippen molar-refractivity contribution in [3.05, 3.63) is 59.7 Å². The van der Waals surface area contributed by atoms with Gasteiger partial charge in [0, 0.05) is 6.54 Å². The van der Waals surface area contributed by atoms with E-state index in [1.165, 1.54) is 11.1 Å². The third-order valence-corrected chi connectivity index (χ3v) is 3.41. The van der Waals surface area contributed by atoms with E-state index in [2.05, 4.69) is 63.3 Å².